The molecule has 0 fully saturated rings. The minimum Gasteiger partial charge on any atom is -0.288 e. The monoisotopic (exact) mass is 193 g/mol. The summed E-state index contributed by atoms with van der Waals surface area (Å²) in [6, 6.07) is 0. The van der Waals surface area contributed by atoms with Crippen molar-refractivity contribution in [2.75, 3.05) is 0 Å². The second kappa shape index (κ2) is 5.73. The first-order valence-electron chi connectivity index (χ1n) is 3.53. The van der Waals surface area contributed by atoms with E-state index in [9.17, 15) is 13.2 Å². The van der Waals surface area contributed by atoms with Gasteiger partial charge < -0.3 is 0 Å². The number of carbonyl (C=O) groups excluding carboxylic acids is 1. The molecule has 0 saturated carbocycles. The van der Waals surface area contributed by atoms with E-state index in [2.05, 4.69) is 0 Å². The fourth-order valence-corrected chi connectivity index (χ4v) is 1.18. The average Bonchev–Trinajstić information content (AvgIpc) is 2.04. The van der Waals surface area contributed by atoms with Gasteiger partial charge in [-0.3, -0.25) is 10.0 Å². The molecule has 0 saturated heterocycles. The van der Waals surface area contributed by atoms with E-state index in [1.807, 2.05) is 6.92 Å². The lowest BCUT2D eigenvalue weighted by atomic mass is 10.2. The summed E-state index contributed by atoms with van der Waals surface area (Å²) in [5, 5.41) is 8.16. The number of unbranched alkanes of at least 4 members (excludes halogenated alkanes) is 1. The van der Waals surface area contributed by atoms with E-state index in [-0.39, 0.29) is 11.3 Å². The molecular formula is C6H11NO4S. The van der Waals surface area contributed by atoms with Crippen LogP contribution in [-0.4, -0.2) is 24.4 Å². The molecule has 5 nitrogen and oxygen atoms in total. The third-order valence-corrected chi connectivity index (χ3v) is 2.11. The molecule has 0 heterocycles. The van der Waals surface area contributed by atoms with Gasteiger partial charge in [-0.25, -0.2) is 5.48 Å². The SMILES string of the molecule is CCCCC(C(=O)NO)=S(=O)=O. The van der Waals surface area contributed by atoms with Crippen LogP contribution < -0.4 is 5.48 Å². The van der Waals surface area contributed by atoms with E-state index in [4.69, 9.17) is 5.21 Å². The summed E-state index contributed by atoms with van der Waals surface area (Å²) in [6.45, 7) is 1.88. The first-order valence-corrected chi connectivity index (χ1v) is 4.60. The fourth-order valence-electron chi connectivity index (χ4n) is 0.672. The number of hydrogen-bond acceptors (Lipinski definition) is 4. The Kier molecular flexibility index (Phi) is 5.31. The highest BCUT2D eigenvalue weighted by Gasteiger charge is 2.10. The van der Waals surface area contributed by atoms with Crippen LogP contribution in [0.1, 0.15) is 26.2 Å². The van der Waals surface area contributed by atoms with Crippen molar-refractivity contribution in [3.05, 3.63) is 0 Å². The van der Waals surface area contributed by atoms with Gasteiger partial charge in [-0.1, -0.05) is 13.3 Å². The van der Waals surface area contributed by atoms with Crippen LogP contribution in [0.25, 0.3) is 0 Å². The molecule has 0 aliphatic carbocycles. The minimum atomic E-state index is -2.54. The van der Waals surface area contributed by atoms with E-state index in [1.165, 1.54) is 5.48 Å². The summed E-state index contributed by atoms with van der Waals surface area (Å²) in [4.78, 5) is 10.4. The number of carbonyl (C=O) groups is 1. The summed E-state index contributed by atoms with van der Waals surface area (Å²) < 4.78 is 20.8. The summed E-state index contributed by atoms with van der Waals surface area (Å²) in [6.07, 6.45) is 1.56. The molecule has 0 unspecified atom stereocenters. The highest BCUT2D eigenvalue weighted by Crippen LogP contribution is 1.95. The molecule has 0 aromatic rings. The highest BCUT2D eigenvalue weighted by atomic mass is 32.2. The zero-order valence-corrected chi connectivity index (χ0v) is 7.52. The topological polar surface area (TPSA) is 83.5 Å². The summed E-state index contributed by atoms with van der Waals surface area (Å²) >= 11 is 0. The molecular weight excluding hydrogens is 182 g/mol. The Balaban J connectivity index is 4.49. The second-order valence-electron chi connectivity index (χ2n) is 2.20. The highest BCUT2D eigenvalue weighted by molar-refractivity contribution is 7.74. The minimum absolute atomic E-state index is 0.166. The maximum atomic E-state index is 10.7. The maximum Gasteiger partial charge on any atom is 0.286 e. The quantitative estimate of drug-likeness (QED) is 0.366. The van der Waals surface area contributed by atoms with E-state index in [1.54, 1.807) is 0 Å². The van der Waals surface area contributed by atoms with Gasteiger partial charge in [0.1, 0.15) is 4.86 Å². The number of rotatable bonds is 4. The van der Waals surface area contributed by atoms with Crippen molar-refractivity contribution in [1.82, 2.24) is 5.48 Å². The molecule has 0 aromatic heterocycles. The molecule has 0 bridgehead atoms. The molecule has 12 heavy (non-hydrogen) atoms. The van der Waals surface area contributed by atoms with E-state index < -0.39 is 16.2 Å². The third-order valence-electron chi connectivity index (χ3n) is 1.31. The van der Waals surface area contributed by atoms with Crippen molar-refractivity contribution in [3.8, 4) is 0 Å². The zero-order valence-electron chi connectivity index (χ0n) is 6.70. The van der Waals surface area contributed by atoms with Crippen molar-refractivity contribution < 1.29 is 18.4 Å². The molecule has 0 spiro atoms. The molecule has 1 amide bonds. The molecule has 6 heteroatoms. The van der Waals surface area contributed by atoms with E-state index >= 15 is 0 Å². The van der Waals surface area contributed by atoms with Crippen LogP contribution in [-0.2, 0) is 15.1 Å². The summed E-state index contributed by atoms with van der Waals surface area (Å²) in [5.41, 5.74) is 1.29. The maximum absolute atomic E-state index is 10.7. The summed E-state index contributed by atoms with van der Waals surface area (Å²) in [5.74, 6) is -0.947. The average molecular weight is 193 g/mol. The van der Waals surface area contributed by atoms with Gasteiger partial charge >= 0.3 is 0 Å². The molecule has 0 aromatic carbocycles. The van der Waals surface area contributed by atoms with Crippen molar-refractivity contribution in [2.45, 2.75) is 26.2 Å². The van der Waals surface area contributed by atoms with Gasteiger partial charge in [-0.15, -0.1) is 0 Å². The second-order valence-corrected chi connectivity index (χ2v) is 3.16. The number of hydrogen-bond donors (Lipinski definition) is 2. The smallest absolute Gasteiger partial charge is 0.286 e. The Labute approximate surface area is 71.9 Å². The predicted octanol–water partition coefficient (Wildman–Crippen LogP) is -0.266. The first kappa shape index (κ1) is 11.1. The van der Waals surface area contributed by atoms with Crippen LogP contribution in [0.4, 0.5) is 0 Å². The molecule has 0 rings (SSSR count). The standard InChI is InChI=1S/C6H11NO4S/c1-2-3-4-5(12(10)11)6(8)7-9/h9H,2-4H2,1H3,(H,7,8). The van der Waals surface area contributed by atoms with Gasteiger partial charge in [0.15, 0.2) is 0 Å². The number of hydroxylamine groups is 1. The van der Waals surface area contributed by atoms with Gasteiger partial charge in [0, 0.05) is 0 Å². The molecule has 0 aliphatic rings. The molecule has 2 N–H and O–H groups in total. The molecule has 0 radical (unpaired) electrons. The lowest BCUT2D eigenvalue weighted by Gasteiger charge is -1.97. The van der Waals surface area contributed by atoms with Crippen LogP contribution in [0, 0.1) is 0 Å². The Bertz CT molecular complexity index is 272. The van der Waals surface area contributed by atoms with Gasteiger partial charge in [-0.2, -0.15) is 8.42 Å². The number of amides is 1. The van der Waals surface area contributed by atoms with Crippen molar-refractivity contribution >= 4 is 21.1 Å². The Hall–Kier alpha value is -0.880. The Morgan fingerprint density at radius 2 is 2.08 bits per heavy atom. The molecule has 70 valence electrons. The van der Waals surface area contributed by atoms with Gasteiger partial charge in [0.05, 0.1) is 0 Å². The van der Waals surface area contributed by atoms with E-state index in [0.29, 0.717) is 6.42 Å². The lowest BCUT2D eigenvalue weighted by molar-refractivity contribution is -0.122. The van der Waals surface area contributed by atoms with Crippen LogP contribution in [0.5, 0.6) is 0 Å². The van der Waals surface area contributed by atoms with Crippen molar-refractivity contribution in [1.29, 1.82) is 0 Å². The van der Waals surface area contributed by atoms with Crippen LogP contribution >= 0.6 is 0 Å². The number of nitrogens with one attached hydrogen (secondary N) is 1. The van der Waals surface area contributed by atoms with Gasteiger partial charge in [-0.05, 0) is 12.8 Å². The van der Waals surface area contributed by atoms with Crippen molar-refractivity contribution in [2.24, 2.45) is 0 Å². The lowest BCUT2D eigenvalue weighted by Crippen LogP contribution is -2.28. The van der Waals surface area contributed by atoms with Gasteiger partial charge in [0.2, 0.25) is 10.3 Å². The van der Waals surface area contributed by atoms with Crippen LogP contribution in [0.15, 0.2) is 0 Å². The summed E-state index contributed by atoms with van der Waals surface area (Å²) in [7, 11) is -2.54. The Morgan fingerprint density at radius 1 is 1.50 bits per heavy atom. The van der Waals surface area contributed by atoms with Crippen molar-refractivity contribution in [3.63, 3.8) is 0 Å². The van der Waals surface area contributed by atoms with E-state index in [0.717, 1.165) is 6.42 Å². The molecule has 0 atom stereocenters. The van der Waals surface area contributed by atoms with Gasteiger partial charge in [0.25, 0.3) is 5.91 Å². The van der Waals surface area contributed by atoms with Crippen LogP contribution in [0.2, 0.25) is 0 Å². The first-order chi connectivity index (χ1) is 5.63. The predicted molar refractivity (Wildman–Crippen MR) is 43.4 cm³/mol. The Morgan fingerprint density at radius 3 is 2.42 bits per heavy atom. The largest absolute Gasteiger partial charge is 0.288 e. The molecule has 0 aliphatic heterocycles. The van der Waals surface area contributed by atoms with Crippen LogP contribution in [0.3, 0.4) is 0 Å². The normalized spacial score (nSPS) is 9.17. The zero-order chi connectivity index (χ0) is 9.56. The third kappa shape index (κ3) is 3.49. The fraction of sp³-hybridized carbons (Fsp3) is 0.667.